The maximum absolute atomic E-state index is 9.40. The van der Waals surface area contributed by atoms with Crippen LogP contribution in [0.2, 0.25) is 0 Å². The van der Waals surface area contributed by atoms with Gasteiger partial charge in [0.05, 0.1) is 13.2 Å². The van der Waals surface area contributed by atoms with Crippen LogP contribution in [-0.4, -0.2) is 50.0 Å². The van der Waals surface area contributed by atoms with E-state index in [2.05, 4.69) is 55.7 Å². The Morgan fingerprint density at radius 3 is 2.64 bits per heavy atom. The number of guanidine groups is 1. The minimum Gasteiger partial charge on any atom is -0.396 e. The van der Waals surface area contributed by atoms with Gasteiger partial charge >= 0.3 is 0 Å². The fraction of sp³-hybridized carbons (Fsp3) is 0.682. The van der Waals surface area contributed by atoms with Gasteiger partial charge in [-0.05, 0) is 43.2 Å². The lowest BCUT2D eigenvalue weighted by atomic mass is 9.84. The van der Waals surface area contributed by atoms with Gasteiger partial charge in [-0.25, -0.2) is 0 Å². The molecule has 6 heteroatoms. The molecule has 0 bridgehead atoms. The fourth-order valence-electron chi connectivity index (χ4n) is 3.88. The number of aliphatic imine (C=N–C) groups is 1. The molecule has 1 aliphatic carbocycles. The first-order chi connectivity index (χ1) is 13.1. The first-order valence-corrected chi connectivity index (χ1v) is 10.4. The second-order valence-electron chi connectivity index (χ2n) is 8.39. The largest absolute Gasteiger partial charge is 0.396 e. The molecular formula is C22H36IN3O2. The van der Waals surface area contributed by atoms with E-state index in [9.17, 15) is 5.11 Å². The van der Waals surface area contributed by atoms with E-state index in [0.717, 1.165) is 38.4 Å². The van der Waals surface area contributed by atoms with Crippen LogP contribution in [0.15, 0.2) is 29.3 Å². The maximum Gasteiger partial charge on any atom is 0.191 e. The Balaban J connectivity index is 0.00000280. The zero-order valence-electron chi connectivity index (χ0n) is 17.4. The molecule has 2 aliphatic rings. The summed E-state index contributed by atoms with van der Waals surface area (Å²) in [5.41, 5.74) is 2.80. The van der Waals surface area contributed by atoms with Crippen molar-refractivity contribution in [3.63, 3.8) is 0 Å². The van der Waals surface area contributed by atoms with Crippen LogP contribution in [0.25, 0.3) is 0 Å². The van der Waals surface area contributed by atoms with Crippen LogP contribution in [0, 0.1) is 5.41 Å². The number of hydrogen-bond donors (Lipinski definition) is 3. The Labute approximate surface area is 186 Å². The molecule has 1 aromatic rings. The van der Waals surface area contributed by atoms with Gasteiger partial charge in [-0.1, -0.05) is 38.1 Å². The summed E-state index contributed by atoms with van der Waals surface area (Å²) in [6.45, 7) is 9.76. The molecule has 3 rings (SSSR count). The van der Waals surface area contributed by atoms with Crippen LogP contribution in [0.3, 0.4) is 0 Å². The first kappa shape index (κ1) is 23.4. The van der Waals surface area contributed by atoms with Crippen molar-refractivity contribution < 1.29 is 9.84 Å². The summed E-state index contributed by atoms with van der Waals surface area (Å²) in [6.07, 6.45) is 2.88. The van der Waals surface area contributed by atoms with E-state index in [-0.39, 0.29) is 36.0 Å². The normalized spacial score (nSPS) is 26.8. The molecule has 0 radical (unpaired) electrons. The quantitative estimate of drug-likeness (QED) is 0.289. The number of ether oxygens (including phenoxy) is 1. The van der Waals surface area contributed by atoms with Crippen LogP contribution in [0.1, 0.15) is 63.0 Å². The van der Waals surface area contributed by atoms with Crippen molar-refractivity contribution in [1.82, 2.24) is 10.6 Å². The molecule has 1 aliphatic heterocycles. The van der Waals surface area contributed by atoms with Gasteiger partial charge in [0.2, 0.25) is 0 Å². The lowest BCUT2D eigenvalue weighted by Crippen LogP contribution is -2.40. The Hall–Kier alpha value is -0.860. The van der Waals surface area contributed by atoms with Gasteiger partial charge in [-0.2, -0.15) is 0 Å². The molecule has 0 amide bonds. The Bertz CT molecular complexity index is 627. The number of aliphatic hydroxyl groups is 1. The number of aliphatic hydroxyl groups excluding tert-OH is 1. The summed E-state index contributed by atoms with van der Waals surface area (Å²) in [5, 5.41) is 16.4. The van der Waals surface area contributed by atoms with Crippen molar-refractivity contribution >= 4 is 29.9 Å². The summed E-state index contributed by atoms with van der Waals surface area (Å²) >= 11 is 0. The van der Waals surface area contributed by atoms with Crippen molar-refractivity contribution in [2.75, 3.05) is 32.9 Å². The zero-order valence-corrected chi connectivity index (χ0v) is 19.7. The fourth-order valence-corrected chi connectivity index (χ4v) is 3.88. The topological polar surface area (TPSA) is 65.9 Å². The number of rotatable bonds is 8. The minimum absolute atomic E-state index is 0. The van der Waals surface area contributed by atoms with Gasteiger partial charge in [-0.3, -0.25) is 4.99 Å². The maximum atomic E-state index is 9.40. The molecule has 5 nitrogen and oxygen atoms in total. The van der Waals surface area contributed by atoms with Crippen LogP contribution < -0.4 is 10.6 Å². The highest BCUT2D eigenvalue weighted by Crippen LogP contribution is 2.41. The monoisotopic (exact) mass is 501 g/mol. The lowest BCUT2D eigenvalue weighted by Gasteiger charge is -2.25. The highest BCUT2D eigenvalue weighted by molar-refractivity contribution is 14.0. The highest BCUT2D eigenvalue weighted by atomic mass is 127. The van der Waals surface area contributed by atoms with E-state index in [0.29, 0.717) is 31.0 Å². The van der Waals surface area contributed by atoms with E-state index < -0.39 is 0 Å². The zero-order chi connectivity index (χ0) is 19.3. The third-order valence-corrected chi connectivity index (χ3v) is 5.89. The lowest BCUT2D eigenvalue weighted by molar-refractivity contribution is 0.131. The Morgan fingerprint density at radius 2 is 2.07 bits per heavy atom. The smallest absolute Gasteiger partial charge is 0.191 e. The first-order valence-electron chi connectivity index (χ1n) is 10.4. The average Bonchev–Trinajstić information content (AvgIpc) is 3.28. The van der Waals surface area contributed by atoms with Gasteiger partial charge in [-0.15, -0.1) is 24.0 Å². The number of nitrogens with one attached hydrogen (secondary N) is 2. The summed E-state index contributed by atoms with van der Waals surface area (Å²) in [7, 11) is 0. The van der Waals surface area contributed by atoms with E-state index in [1.165, 1.54) is 11.1 Å². The molecule has 2 fully saturated rings. The van der Waals surface area contributed by atoms with Crippen molar-refractivity contribution in [3.05, 3.63) is 35.4 Å². The Morgan fingerprint density at radius 1 is 1.32 bits per heavy atom. The molecule has 1 saturated heterocycles. The third kappa shape index (κ3) is 6.07. The van der Waals surface area contributed by atoms with Crippen LogP contribution in [-0.2, 0) is 4.74 Å². The average molecular weight is 501 g/mol. The number of benzene rings is 1. The Kier molecular flexibility index (Phi) is 9.02. The van der Waals surface area contributed by atoms with Gasteiger partial charge < -0.3 is 20.5 Å². The molecule has 3 N–H and O–H groups in total. The summed E-state index contributed by atoms with van der Waals surface area (Å²) in [6, 6.07) is 9.51. The second kappa shape index (κ2) is 10.8. The van der Waals surface area contributed by atoms with Crippen LogP contribution >= 0.6 is 24.0 Å². The van der Waals surface area contributed by atoms with Crippen LogP contribution in [0.4, 0.5) is 0 Å². The van der Waals surface area contributed by atoms with E-state index in [4.69, 9.17) is 9.73 Å². The predicted molar refractivity (Wildman–Crippen MR) is 126 cm³/mol. The SMILES string of the molecule is CCNC(=NCC1(CCO)CCOC1)NC1CC1c1ccc(C(C)C)cc1.I. The number of halogens is 1. The molecule has 28 heavy (non-hydrogen) atoms. The van der Waals surface area contributed by atoms with Gasteiger partial charge in [0, 0.05) is 37.1 Å². The van der Waals surface area contributed by atoms with Gasteiger partial charge in [0.25, 0.3) is 0 Å². The van der Waals surface area contributed by atoms with Gasteiger partial charge in [0.15, 0.2) is 5.96 Å². The van der Waals surface area contributed by atoms with E-state index in [1.807, 2.05) is 0 Å². The van der Waals surface area contributed by atoms with Gasteiger partial charge in [0.1, 0.15) is 0 Å². The molecule has 1 aromatic carbocycles. The van der Waals surface area contributed by atoms with Crippen molar-refractivity contribution in [2.45, 2.75) is 57.9 Å². The van der Waals surface area contributed by atoms with E-state index >= 15 is 0 Å². The molecule has 158 valence electrons. The molecule has 0 aromatic heterocycles. The molecule has 0 spiro atoms. The molecule has 1 heterocycles. The van der Waals surface area contributed by atoms with E-state index in [1.54, 1.807) is 0 Å². The molecule has 1 saturated carbocycles. The summed E-state index contributed by atoms with van der Waals surface area (Å²) in [5.74, 6) is 2.02. The number of hydrogen-bond acceptors (Lipinski definition) is 3. The molecule has 3 atom stereocenters. The molecular weight excluding hydrogens is 465 g/mol. The van der Waals surface area contributed by atoms with Crippen molar-refractivity contribution in [1.29, 1.82) is 0 Å². The number of nitrogens with zero attached hydrogens (tertiary/aromatic N) is 1. The van der Waals surface area contributed by atoms with Crippen molar-refractivity contribution in [2.24, 2.45) is 10.4 Å². The molecule has 3 unspecified atom stereocenters. The summed E-state index contributed by atoms with van der Waals surface area (Å²) < 4.78 is 5.58. The van der Waals surface area contributed by atoms with Crippen LogP contribution in [0.5, 0.6) is 0 Å². The second-order valence-corrected chi connectivity index (χ2v) is 8.39. The van der Waals surface area contributed by atoms with Crippen molar-refractivity contribution in [3.8, 4) is 0 Å². The third-order valence-electron chi connectivity index (χ3n) is 5.89. The predicted octanol–water partition coefficient (Wildman–Crippen LogP) is 3.63. The standard InChI is InChI=1S/C22H35N3O2.HI/c1-4-23-21(24-14-22(9-11-26)10-12-27-15-22)25-20-13-19(20)18-7-5-17(6-8-18)16(2)3;/h5-8,16,19-20,26H,4,9-15H2,1-3H3,(H2,23,24,25);1H. The minimum atomic E-state index is -0.00721. The summed E-state index contributed by atoms with van der Waals surface area (Å²) in [4.78, 5) is 4.84. The highest BCUT2D eigenvalue weighted by Gasteiger charge is 2.39.